The number of carbonyl (C=O) groups excluding carboxylic acids is 3. The Hall–Kier alpha value is -2.35. The predicted octanol–water partition coefficient (Wildman–Crippen LogP) is 2.79. The maximum absolute atomic E-state index is 13.1. The van der Waals surface area contributed by atoms with Crippen molar-refractivity contribution >= 4 is 17.7 Å². The molecule has 5 rings (SSSR count). The van der Waals surface area contributed by atoms with Crippen LogP contribution in [0.5, 0.6) is 0 Å². The number of carbonyl (C=O) groups is 3. The second-order valence-corrected chi connectivity index (χ2v) is 9.93. The maximum Gasteiger partial charge on any atom is 0.255 e. The first-order valence-corrected chi connectivity index (χ1v) is 11.7. The summed E-state index contributed by atoms with van der Waals surface area (Å²) >= 11 is 0. The van der Waals surface area contributed by atoms with Crippen LogP contribution in [-0.2, 0) is 22.6 Å². The minimum Gasteiger partial charge on any atom is -0.322 e. The molecule has 2 aliphatic carbocycles. The molecule has 6 nitrogen and oxygen atoms in total. The molecule has 0 aromatic heterocycles. The summed E-state index contributed by atoms with van der Waals surface area (Å²) in [6.07, 6.45) is 4.81. The molecule has 0 radical (unpaired) electrons. The first-order valence-electron chi connectivity index (χ1n) is 11.7. The molecule has 0 spiro atoms. The summed E-state index contributed by atoms with van der Waals surface area (Å²) in [7, 11) is 0. The van der Waals surface area contributed by atoms with E-state index >= 15 is 0 Å². The molecule has 1 aromatic rings. The maximum atomic E-state index is 13.1. The van der Waals surface area contributed by atoms with E-state index < -0.39 is 17.9 Å². The molecule has 2 N–H and O–H groups in total. The normalized spacial score (nSPS) is 29.8. The lowest BCUT2D eigenvalue weighted by Gasteiger charge is -2.36. The van der Waals surface area contributed by atoms with Gasteiger partial charge in [0.25, 0.3) is 5.91 Å². The Morgan fingerprint density at radius 1 is 1.12 bits per heavy atom. The van der Waals surface area contributed by atoms with Gasteiger partial charge in [-0.3, -0.25) is 19.7 Å². The molecule has 1 aromatic carbocycles. The molecule has 172 valence electrons. The zero-order valence-electron chi connectivity index (χ0n) is 18.0. The van der Waals surface area contributed by atoms with Gasteiger partial charge in [0.2, 0.25) is 17.7 Å². The van der Waals surface area contributed by atoms with Crippen molar-refractivity contribution in [2.45, 2.75) is 75.9 Å². The van der Waals surface area contributed by atoms with Gasteiger partial charge in [-0.1, -0.05) is 18.6 Å². The van der Waals surface area contributed by atoms with Crippen molar-refractivity contribution < 1.29 is 23.2 Å². The second-order valence-electron chi connectivity index (χ2n) is 9.93. The van der Waals surface area contributed by atoms with Crippen LogP contribution in [-0.4, -0.2) is 47.2 Å². The molecule has 3 atom stereocenters. The van der Waals surface area contributed by atoms with Crippen molar-refractivity contribution in [3.63, 3.8) is 0 Å². The average molecular weight is 446 g/mol. The van der Waals surface area contributed by atoms with Gasteiger partial charge in [0.05, 0.1) is 0 Å². The molecule has 4 aliphatic rings. The smallest absolute Gasteiger partial charge is 0.255 e. The van der Waals surface area contributed by atoms with Gasteiger partial charge in [-0.25, -0.2) is 8.78 Å². The molecule has 2 saturated carbocycles. The molecule has 3 fully saturated rings. The van der Waals surface area contributed by atoms with Crippen LogP contribution in [0.25, 0.3) is 0 Å². The average Bonchev–Trinajstić information content (AvgIpc) is 3.29. The molecule has 32 heavy (non-hydrogen) atoms. The number of halogens is 2. The first kappa shape index (κ1) is 21.5. The minimum atomic E-state index is -2.47. The van der Waals surface area contributed by atoms with Crippen molar-refractivity contribution in [2.75, 3.05) is 6.54 Å². The topological polar surface area (TPSA) is 78.5 Å². The van der Waals surface area contributed by atoms with Crippen molar-refractivity contribution in [2.24, 2.45) is 11.8 Å². The standard InChI is InChI=1S/C24H29F2N3O3/c25-24(26)10-15(11-24)12-27-19-3-1-2-16(19)8-14-4-5-18-17(9-14)13-29(23(18)32)20-6-7-21(30)28-22(20)31/h4-5,9,15-16,19-20,27H,1-3,6-8,10-13H2,(H,28,30,31). The zero-order chi connectivity index (χ0) is 22.5. The molecule has 0 bridgehead atoms. The Kier molecular flexibility index (Phi) is 5.51. The van der Waals surface area contributed by atoms with Gasteiger partial charge < -0.3 is 10.2 Å². The highest BCUT2D eigenvalue weighted by Crippen LogP contribution is 2.42. The lowest BCUT2D eigenvalue weighted by molar-refractivity contribution is -0.136. The number of piperidine rings is 1. The number of alkyl halides is 2. The number of hydrogen-bond donors (Lipinski definition) is 2. The Bertz CT molecular complexity index is 942. The SMILES string of the molecule is O=C1CCC(N2Cc3cc(CC4CCCC4NCC4CC(F)(F)C4)ccc3C2=O)C(=O)N1. The number of amides is 3. The van der Waals surface area contributed by atoms with Crippen LogP contribution in [0.15, 0.2) is 18.2 Å². The lowest BCUT2D eigenvalue weighted by atomic mass is 9.81. The Balaban J connectivity index is 1.20. The highest BCUT2D eigenvalue weighted by Gasteiger charge is 2.45. The number of benzene rings is 1. The van der Waals surface area contributed by atoms with Gasteiger partial charge in [0, 0.05) is 37.4 Å². The van der Waals surface area contributed by atoms with Crippen molar-refractivity contribution in [1.29, 1.82) is 0 Å². The quantitative estimate of drug-likeness (QED) is 0.660. The van der Waals surface area contributed by atoms with Crippen molar-refractivity contribution in [3.8, 4) is 0 Å². The first-order chi connectivity index (χ1) is 15.3. The molecule has 3 amide bonds. The predicted molar refractivity (Wildman–Crippen MR) is 113 cm³/mol. The van der Waals surface area contributed by atoms with E-state index in [0.717, 1.165) is 36.8 Å². The number of rotatable bonds is 6. The summed E-state index contributed by atoms with van der Waals surface area (Å²) in [5, 5.41) is 5.87. The molecule has 3 unspecified atom stereocenters. The van der Waals surface area contributed by atoms with E-state index in [0.29, 0.717) is 37.0 Å². The number of imide groups is 1. The minimum absolute atomic E-state index is 0.0000846. The summed E-state index contributed by atoms with van der Waals surface area (Å²) in [5.74, 6) is -2.77. The van der Waals surface area contributed by atoms with Crippen LogP contribution in [0.3, 0.4) is 0 Å². The fraction of sp³-hybridized carbons (Fsp3) is 0.625. The van der Waals surface area contributed by atoms with E-state index in [9.17, 15) is 23.2 Å². The third kappa shape index (κ3) is 4.17. The lowest BCUT2D eigenvalue weighted by Crippen LogP contribution is -2.52. The summed E-state index contributed by atoms with van der Waals surface area (Å²) in [4.78, 5) is 38.1. The molecular weight excluding hydrogens is 416 g/mol. The number of nitrogens with one attached hydrogen (secondary N) is 2. The van der Waals surface area contributed by atoms with Gasteiger partial charge in [-0.15, -0.1) is 0 Å². The Labute approximate surface area is 186 Å². The summed E-state index contributed by atoms with van der Waals surface area (Å²) in [5.41, 5.74) is 2.72. The van der Waals surface area contributed by atoms with E-state index in [-0.39, 0.29) is 37.0 Å². The van der Waals surface area contributed by atoms with E-state index in [1.54, 1.807) is 4.90 Å². The Morgan fingerprint density at radius 2 is 1.94 bits per heavy atom. The molecule has 1 saturated heterocycles. The van der Waals surface area contributed by atoms with Crippen molar-refractivity contribution in [1.82, 2.24) is 15.5 Å². The van der Waals surface area contributed by atoms with E-state index in [2.05, 4.69) is 16.7 Å². The van der Waals surface area contributed by atoms with Crippen molar-refractivity contribution in [3.05, 3.63) is 34.9 Å². The summed E-state index contributed by atoms with van der Waals surface area (Å²) in [6, 6.07) is 5.66. The third-order valence-electron chi connectivity index (χ3n) is 7.59. The van der Waals surface area contributed by atoms with Gasteiger partial charge in [-0.2, -0.15) is 0 Å². The molecule has 2 heterocycles. The number of nitrogens with zero attached hydrogens (tertiary/aromatic N) is 1. The summed E-state index contributed by atoms with van der Waals surface area (Å²) in [6.45, 7) is 1.05. The van der Waals surface area contributed by atoms with Gasteiger partial charge in [-0.05, 0) is 61.3 Å². The van der Waals surface area contributed by atoms with E-state index in [1.807, 2.05) is 12.1 Å². The van der Waals surface area contributed by atoms with Crippen LogP contribution in [0.2, 0.25) is 0 Å². The number of fused-ring (bicyclic) bond motifs is 1. The largest absolute Gasteiger partial charge is 0.322 e. The highest BCUT2D eigenvalue weighted by molar-refractivity contribution is 6.05. The fourth-order valence-electron chi connectivity index (χ4n) is 5.85. The monoisotopic (exact) mass is 445 g/mol. The second kappa shape index (κ2) is 8.21. The van der Waals surface area contributed by atoms with Crippen LogP contribution in [0, 0.1) is 11.8 Å². The van der Waals surface area contributed by atoms with Crippen LogP contribution in [0.1, 0.15) is 66.4 Å². The molecular formula is C24H29F2N3O3. The van der Waals surface area contributed by atoms with Gasteiger partial charge in [0.1, 0.15) is 6.04 Å². The van der Waals surface area contributed by atoms with Gasteiger partial charge in [0.15, 0.2) is 0 Å². The molecule has 2 aliphatic heterocycles. The Morgan fingerprint density at radius 3 is 2.69 bits per heavy atom. The third-order valence-corrected chi connectivity index (χ3v) is 7.59. The summed E-state index contributed by atoms with van der Waals surface area (Å²) < 4.78 is 26.2. The fourth-order valence-corrected chi connectivity index (χ4v) is 5.85. The van der Waals surface area contributed by atoms with Crippen LogP contribution in [0.4, 0.5) is 8.78 Å². The van der Waals surface area contributed by atoms with Crippen LogP contribution < -0.4 is 10.6 Å². The zero-order valence-corrected chi connectivity index (χ0v) is 18.0. The van der Waals surface area contributed by atoms with Crippen LogP contribution >= 0.6 is 0 Å². The van der Waals surface area contributed by atoms with E-state index in [4.69, 9.17) is 0 Å². The van der Waals surface area contributed by atoms with E-state index in [1.165, 1.54) is 0 Å². The number of hydrogen-bond acceptors (Lipinski definition) is 4. The highest BCUT2D eigenvalue weighted by atomic mass is 19.3. The molecule has 8 heteroatoms. The van der Waals surface area contributed by atoms with Gasteiger partial charge >= 0.3 is 0 Å².